The highest BCUT2D eigenvalue weighted by molar-refractivity contribution is 5.88. The first-order valence-electron chi connectivity index (χ1n) is 6.43. The summed E-state index contributed by atoms with van der Waals surface area (Å²) in [6, 6.07) is 0. The molecule has 5 nitrogen and oxygen atoms in total. The van der Waals surface area contributed by atoms with E-state index in [2.05, 4.69) is 4.74 Å². The molecule has 0 saturated carbocycles. The van der Waals surface area contributed by atoms with Gasteiger partial charge in [-0.1, -0.05) is 12.5 Å². The molecule has 0 aliphatic heterocycles. The number of carbonyl (C=O) groups excluding carboxylic acids is 2. The number of ether oxygens (including phenoxy) is 2. The number of hydrogen-bond donors (Lipinski definition) is 0. The minimum Gasteiger partial charge on any atom is -0.469 e. The number of amides is 1. The Morgan fingerprint density at radius 3 is 2.37 bits per heavy atom. The Bertz CT molecular complexity index is 321. The summed E-state index contributed by atoms with van der Waals surface area (Å²) in [5.41, 5.74) is 0.937. The standard InChI is InChI=1S/C14H25NO4/c1-11(2)9-13(16)15(7-6-8-18-4)10-12(3)14(17)19-5/h9,12H,6-8,10H2,1-5H3. The van der Waals surface area contributed by atoms with Crippen molar-refractivity contribution in [2.24, 2.45) is 5.92 Å². The molecule has 0 aromatic carbocycles. The molecule has 0 spiro atoms. The quantitative estimate of drug-likeness (QED) is 0.382. The number of carbonyl (C=O) groups is 2. The van der Waals surface area contributed by atoms with Crippen LogP contribution in [0.15, 0.2) is 11.6 Å². The maximum absolute atomic E-state index is 12.1. The van der Waals surface area contributed by atoms with Gasteiger partial charge in [0, 0.05) is 32.9 Å². The molecule has 0 aromatic rings. The summed E-state index contributed by atoms with van der Waals surface area (Å²) < 4.78 is 9.66. The number of esters is 1. The Hall–Kier alpha value is -1.36. The first-order valence-corrected chi connectivity index (χ1v) is 6.43. The van der Waals surface area contributed by atoms with Gasteiger partial charge in [-0.2, -0.15) is 0 Å². The van der Waals surface area contributed by atoms with Crippen LogP contribution < -0.4 is 0 Å². The number of allylic oxidation sites excluding steroid dienone is 1. The summed E-state index contributed by atoms with van der Waals surface area (Å²) in [4.78, 5) is 25.1. The highest BCUT2D eigenvalue weighted by atomic mass is 16.5. The molecule has 1 amide bonds. The van der Waals surface area contributed by atoms with Crippen molar-refractivity contribution < 1.29 is 19.1 Å². The third kappa shape index (κ3) is 7.62. The van der Waals surface area contributed by atoms with E-state index in [1.54, 1.807) is 25.0 Å². The van der Waals surface area contributed by atoms with Crippen molar-refractivity contribution in [2.75, 3.05) is 33.9 Å². The van der Waals surface area contributed by atoms with Crippen molar-refractivity contribution in [3.8, 4) is 0 Å². The average Bonchev–Trinajstić information content (AvgIpc) is 2.35. The molecule has 110 valence electrons. The predicted molar refractivity (Wildman–Crippen MR) is 73.7 cm³/mol. The zero-order valence-corrected chi connectivity index (χ0v) is 12.6. The lowest BCUT2D eigenvalue weighted by molar-refractivity contribution is -0.146. The van der Waals surface area contributed by atoms with Crippen molar-refractivity contribution >= 4 is 11.9 Å². The molecule has 0 bridgehead atoms. The van der Waals surface area contributed by atoms with E-state index >= 15 is 0 Å². The zero-order chi connectivity index (χ0) is 14.8. The van der Waals surface area contributed by atoms with Gasteiger partial charge in [-0.05, 0) is 20.3 Å². The van der Waals surface area contributed by atoms with Crippen molar-refractivity contribution in [1.82, 2.24) is 4.90 Å². The van der Waals surface area contributed by atoms with Crippen LogP contribution in [0.3, 0.4) is 0 Å². The lowest BCUT2D eigenvalue weighted by atomic mass is 10.1. The lowest BCUT2D eigenvalue weighted by Gasteiger charge is -2.24. The van der Waals surface area contributed by atoms with Gasteiger partial charge in [0.1, 0.15) is 0 Å². The van der Waals surface area contributed by atoms with Gasteiger partial charge in [0.05, 0.1) is 13.0 Å². The van der Waals surface area contributed by atoms with E-state index in [9.17, 15) is 9.59 Å². The van der Waals surface area contributed by atoms with Crippen molar-refractivity contribution in [3.63, 3.8) is 0 Å². The second kappa shape index (κ2) is 9.55. The highest BCUT2D eigenvalue weighted by Crippen LogP contribution is 2.06. The van der Waals surface area contributed by atoms with Crippen LogP contribution in [-0.4, -0.2) is 50.7 Å². The predicted octanol–water partition coefficient (Wildman–Crippen LogP) is 1.63. The van der Waals surface area contributed by atoms with Crippen molar-refractivity contribution in [1.29, 1.82) is 0 Å². The summed E-state index contributed by atoms with van der Waals surface area (Å²) in [5.74, 6) is -0.712. The van der Waals surface area contributed by atoms with Crippen LogP contribution in [0.25, 0.3) is 0 Å². The fourth-order valence-electron chi connectivity index (χ4n) is 1.64. The number of rotatable bonds is 8. The van der Waals surface area contributed by atoms with Gasteiger partial charge in [-0.15, -0.1) is 0 Å². The molecule has 0 fully saturated rings. The Kier molecular flexibility index (Phi) is 8.87. The Morgan fingerprint density at radius 2 is 1.89 bits per heavy atom. The van der Waals surface area contributed by atoms with Crippen LogP contribution in [0.5, 0.6) is 0 Å². The maximum Gasteiger partial charge on any atom is 0.310 e. The second-order valence-corrected chi connectivity index (χ2v) is 4.78. The molecule has 0 N–H and O–H groups in total. The SMILES string of the molecule is COCCCN(CC(C)C(=O)OC)C(=O)C=C(C)C. The molecule has 0 aromatic heterocycles. The molecule has 0 saturated heterocycles. The molecule has 0 aliphatic rings. The van der Waals surface area contributed by atoms with E-state index in [1.165, 1.54) is 7.11 Å². The van der Waals surface area contributed by atoms with Gasteiger partial charge in [0.15, 0.2) is 0 Å². The zero-order valence-electron chi connectivity index (χ0n) is 12.6. The van der Waals surface area contributed by atoms with Crippen molar-refractivity contribution in [3.05, 3.63) is 11.6 Å². The van der Waals surface area contributed by atoms with E-state index in [0.29, 0.717) is 19.7 Å². The summed E-state index contributed by atoms with van der Waals surface area (Å²) in [6.45, 7) is 7.01. The average molecular weight is 271 g/mol. The lowest BCUT2D eigenvalue weighted by Crippen LogP contribution is -2.37. The van der Waals surface area contributed by atoms with E-state index in [4.69, 9.17) is 4.74 Å². The van der Waals surface area contributed by atoms with E-state index in [-0.39, 0.29) is 17.8 Å². The van der Waals surface area contributed by atoms with Gasteiger partial charge in [-0.25, -0.2) is 0 Å². The smallest absolute Gasteiger partial charge is 0.310 e. The first kappa shape index (κ1) is 17.6. The van der Waals surface area contributed by atoms with Crippen LogP contribution in [0, 0.1) is 5.92 Å². The summed E-state index contributed by atoms with van der Waals surface area (Å²) in [6.07, 6.45) is 2.32. The topological polar surface area (TPSA) is 55.8 Å². The molecular formula is C14H25NO4. The molecule has 0 aliphatic carbocycles. The maximum atomic E-state index is 12.1. The van der Waals surface area contributed by atoms with Crippen LogP contribution in [0.2, 0.25) is 0 Å². The Labute approximate surface area is 115 Å². The van der Waals surface area contributed by atoms with Gasteiger partial charge in [-0.3, -0.25) is 9.59 Å². The molecule has 5 heteroatoms. The van der Waals surface area contributed by atoms with E-state index in [1.807, 2.05) is 13.8 Å². The van der Waals surface area contributed by atoms with Gasteiger partial charge >= 0.3 is 5.97 Å². The molecule has 1 unspecified atom stereocenters. The summed E-state index contributed by atoms with van der Waals surface area (Å²) >= 11 is 0. The third-order valence-electron chi connectivity index (χ3n) is 2.60. The fraction of sp³-hybridized carbons (Fsp3) is 0.714. The summed E-state index contributed by atoms with van der Waals surface area (Å²) in [7, 11) is 2.98. The van der Waals surface area contributed by atoms with E-state index in [0.717, 1.165) is 12.0 Å². The van der Waals surface area contributed by atoms with Crippen LogP contribution in [0.4, 0.5) is 0 Å². The normalized spacial score (nSPS) is 11.6. The molecule has 0 rings (SSSR count). The van der Waals surface area contributed by atoms with Gasteiger partial charge in [0.25, 0.3) is 0 Å². The molecule has 19 heavy (non-hydrogen) atoms. The van der Waals surface area contributed by atoms with Crippen molar-refractivity contribution in [2.45, 2.75) is 27.2 Å². The van der Waals surface area contributed by atoms with Crippen LogP contribution in [-0.2, 0) is 19.1 Å². The monoisotopic (exact) mass is 271 g/mol. The third-order valence-corrected chi connectivity index (χ3v) is 2.60. The van der Waals surface area contributed by atoms with Crippen LogP contribution in [0.1, 0.15) is 27.2 Å². The number of hydrogen-bond acceptors (Lipinski definition) is 4. The minimum atomic E-state index is -0.331. The first-order chi connectivity index (χ1) is 8.92. The largest absolute Gasteiger partial charge is 0.469 e. The van der Waals surface area contributed by atoms with Crippen LogP contribution >= 0.6 is 0 Å². The molecule has 1 atom stereocenters. The molecule has 0 heterocycles. The van der Waals surface area contributed by atoms with Gasteiger partial charge in [0.2, 0.25) is 5.91 Å². The number of methoxy groups -OCH3 is 2. The molecular weight excluding hydrogens is 246 g/mol. The Balaban J connectivity index is 4.61. The van der Waals surface area contributed by atoms with E-state index < -0.39 is 0 Å². The number of nitrogens with zero attached hydrogens (tertiary/aromatic N) is 1. The highest BCUT2D eigenvalue weighted by Gasteiger charge is 2.20. The second-order valence-electron chi connectivity index (χ2n) is 4.78. The van der Waals surface area contributed by atoms with Gasteiger partial charge < -0.3 is 14.4 Å². The fourth-order valence-corrected chi connectivity index (χ4v) is 1.64. The summed E-state index contributed by atoms with van der Waals surface area (Å²) in [5, 5.41) is 0. The molecule has 0 radical (unpaired) electrons. The minimum absolute atomic E-state index is 0.0770. The Morgan fingerprint density at radius 1 is 1.26 bits per heavy atom.